The molecule has 1 aromatic rings. The lowest BCUT2D eigenvalue weighted by Gasteiger charge is -2.15. The van der Waals surface area contributed by atoms with E-state index >= 15 is 0 Å². The average molecular weight is 185 g/mol. The number of nitrogen functional groups attached to an aromatic ring is 1. The first-order chi connectivity index (χ1) is 5.76. The van der Waals surface area contributed by atoms with Gasteiger partial charge in [-0.3, -0.25) is 4.90 Å². The lowest BCUT2D eigenvalue weighted by atomic mass is 10.5. The third-order valence-electron chi connectivity index (χ3n) is 1.82. The van der Waals surface area contributed by atoms with Crippen LogP contribution in [0.4, 0.5) is 5.82 Å². The van der Waals surface area contributed by atoms with Crippen LogP contribution >= 0.6 is 11.3 Å². The Morgan fingerprint density at radius 1 is 1.50 bits per heavy atom. The first kappa shape index (κ1) is 9.48. The quantitative estimate of drug-likeness (QED) is 0.774. The first-order valence-electron chi connectivity index (χ1n) is 4.18. The van der Waals surface area contributed by atoms with Crippen LogP contribution in [0.1, 0.15) is 18.9 Å². The molecule has 4 heteroatoms. The van der Waals surface area contributed by atoms with Crippen molar-refractivity contribution in [3.63, 3.8) is 0 Å². The molecule has 0 aliphatic heterocycles. The molecule has 0 amide bonds. The predicted molar refractivity (Wildman–Crippen MR) is 53.2 cm³/mol. The Morgan fingerprint density at radius 3 is 2.58 bits per heavy atom. The van der Waals surface area contributed by atoms with E-state index in [4.69, 9.17) is 5.73 Å². The molecule has 2 N–H and O–H groups in total. The number of nitrogens with zero attached hydrogens (tertiary/aromatic N) is 2. The highest BCUT2D eigenvalue weighted by Gasteiger charge is 2.03. The van der Waals surface area contributed by atoms with E-state index in [-0.39, 0.29) is 0 Å². The van der Waals surface area contributed by atoms with Gasteiger partial charge in [-0.2, -0.15) is 0 Å². The first-order valence-corrected chi connectivity index (χ1v) is 5.06. The molecule has 0 fully saturated rings. The molecule has 0 unspecified atom stereocenters. The van der Waals surface area contributed by atoms with Gasteiger partial charge in [0.2, 0.25) is 0 Å². The predicted octanol–water partition coefficient (Wildman–Crippen LogP) is 1.57. The Balaban J connectivity index is 2.50. The van der Waals surface area contributed by atoms with Gasteiger partial charge < -0.3 is 5.73 Å². The highest BCUT2D eigenvalue weighted by molar-refractivity contribution is 7.09. The van der Waals surface area contributed by atoms with Crippen molar-refractivity contribution in [1.82, 2.24) is 9.88 Å². The summed E-state index contributed by atoms with van der Waals surface area (Å²) in [6, 6.07) is 0. The van der Waals surface area contributed by atoms with E-state index in [0.29, 0.717) is 5.82 Å². The molecule has 1 rings (SSSR count). The maximum atomic E-state index is 5.52. The molecule has 0 aliphatic rings. The number of rotatable bonds is 4. The molecular formula is C8H15N3S. The van der Waals surface area contributed by atoms with Crippen LogP contribution in [0.2, 0.25) is 0 Å². The minimum Gasteiger partial charge on any atom is -0.383 e. The highest BCUT2D eigenvalue weighted by Crippen LogP contribution is 2.12. The van der Waals surface area contributed by atoms with Crippen molar-refractivity contribution in [1.29, 1.82) is 0 Å². The van der Waals surface area contributed by atoms with Crippen LogP contribution in [-0.4, -0.2) is 23.0 Å². The number of nitrogens with two attached hydrogens (primary N) is 1. The molecular weight excluding hydrogens is 170 g/mol. The van der Waals surface area contributed by atoms with Crippen LogP contribution in [0.3, 0.4) is 0 Å². The fraction of sp³-hybridized carbons (Fsp3) is 0.625. The zero-order valence-corrected chi connectivity index (χ0v) is 8.40. The minimum absolute atomic E-state index is 0.641. The van der Waals surface area contributed by atoms with Gasteiger partial charge in [-0.15, -0.1) is 11.3 Å². The monoisotopic (exact) mass is 185 g/mol. The summed E-state index contributed by atoms with van der Waals surface area (Å²) in [5.41, 5.74) is 5.52. The smallest absolute Gasteiger partial charge is 0.134 e. The Hall–Kier alpha value is -0.610. The SMILES string of the molecule is CCN(CC)Cc1nc(N)cs1. The molecule has 12 heavy (non-hydrogen) atoms. The van der Waals surface area contributed by atoms with Gasteiger partial charge in [-0.1, -0.05) is 13.8 Å². The second-order valence-corrected chi connectivity index (χ2v) is 3.57. The molecule has 0 aromatic carbocycles. The van der Waals surface area contributed by atoms with E-state index < -0.39 is 0 Å². The topological polar surface area (TPSA) is 42.2 Å². The van der Waals surface area contributed by atoms with Crippen LogP contribution in [0, 0.1) is 0 Å². The van der Waals surface area contributed by atoms with Gasteiger partial charge in [0.25, 0.3) is 0 Å². The lowest BCUT2D eigenvalue weighted by molar-refractivity contribution is 0.295. The molecule has 1 heterocycles. The molecule has 0 aliphatic carbocycles. The standard InChI is InChI=1S/C8H15N3S/c1-3-11(4-2)5-8-10-7(9)6-12-8/h6H,3-5,9H2,1-2H3. The Kier molecular flexibility index (Phi) is 3.49. The molecule has 68 valence electrons. The number of hydrogen-bond donors (Lipinski definition) is 1. The number of thiazole rings is 1. The van der Waals surface area contributed by atoms with Gasteiger partial charge >= 0.3 is 0 Å². The molecule has 0 radical (unpaired) electrons. The average Bonchev–Trinajstić information content (AvgIpc) is 2.47. The van der Waals surface area contributed by atoms with E-state index in [2.05, 4.69) is 23.7 Å². The second kappa shape index (κ2) is 4.42. The van der Waals surface area contributed by atoms with E-state index in [9.17, 15) is 0 Å². The van der Waals surface area contributed by atoms with Crippen LogP contribution in [0.25, 0.3) is 0 Å². The van der Waals surface area contributed by atoms with Crippen molar-refractivity contribution >= 4 is 17.2 Å². The summed E-state index contributed by atoms with van der Waals surface area (Å²) in [6.45, 7) is 7.36. The van der Waals surface area contributed by atoms with Crippen LogP contribution in [-0.2, 0) is 6.54 Å². The van der Waals surface area contributed by atoms with Crippen LogP contribution in [0.5, 0.6) is 0 Å². The van der Waals surface area contributed by atoms with Gasteiger partial charge in [0, 0.05) is 5.38 Å². The zero-order valence-electron chi connectivity index (χ0n) is 7.58. The van der Waals surface area contributed by atoms with Crippen molar-refractivity contribution in [3.8, 4) is 0 Å². The van der Waals surface area contributed by atoms with Crippen LogP contribution in [0.15, 0.2) is 5.38 Å². The van der Waals surface area contributed by atoms with Gasteiger partial charge in [0.1, 0.15) is 10.8 Å². The van der Waals surface area contributed by atoms with Gasteiger partial charge in [-0.25, -0.2) is 4.98 Å². The fourth-order valence-corrected chi connectivity index (χ4v) is 1.76. The van der Waals surface area contributed by atoms with Crippen molar-refractivity contribution < 1.29 is 0 Å². The molecule has 3 nitrogen and oxygen atoms in total. The van der Waals surface area contributed by atoms with Crippen molar-refractivity contribution in [2.75, 3.05) is 18.8 Å². The minimum atomic E-state index is 0.641. The summed E-state index contributed by atoms with van der Waals surface area (Å²) in [7, 11) is 0. The summed E-state index contributed by atoms with van der Waals surface area (Å²) in [5.74, 6) is 0.641. The summed E-state index contributed by atoms with van der Waals surface area (Å²) >= 11 is 1.63. The van der Waals surface area contributed by atoms with Crippen molar-refractivity contribution in [2.24, 2.45) is 0 Å². The lowest BCUT2D eigenvalue weighted by Crippen LogP contribution is -2.21. The fourth-order valence-electron chi connectivity index (χ4n) is 1.04. The van der Waals surface area contributed by atoms with E-state index in [1.54, 1.807) is 11.3 Å². The summed E-state index contributed by atoms with van der Waals surface area (Å²) in [4.78, 5) is 6.52. The number of aromatic nitrogens is 1. The highest BCUT2D eigenvalue weighted by atomic mass is 32.1. The Morgan fingerprint density at radius 2 is 2.17 bits per heavy atom. The van der Waals surface area contributed by atoms with Gasteiger partial charge in [0.15, 0.2) is 0 Å². The zero-order chi connectivity index (χ0) is 8.97. The third kappa shape index (κ3) is 2.46. The largest absolute Gasteiger partial charge is 0.383 e. The molecule has 1 aromatic heterocycles. The summed E-state index contributed by atoms with van der Waals surface area (Å²) in [6.07, 6.45) is 0. The van der Waals surface area contributed by atoms with Gasteiger partial charge in [-0.05, 0) is 13.1 Å². The van der Waals surface area contributed by atoms with Crippen molar-refractivity contribution in [3.05, 3.63) is 10.4 Å². The number of anilines is 1. The van der Waals surface area contributed by atoms with Gasteiger partial charge in [0.05, 0.1) is 6.54 Å². The second-order valence-electron chi connectivity index (χ2n) is 2.63. The Labute approximate surface area is 77.2 Å². The van der Waals surface area contributed by atoms with Crippen molar-refractivity contribution in [2.45, 2.75) is 20.4 Å². The number of hydrogen-bond acceptors (Lipinski definition) is 4. The summed E-state index contributed by atoms with van der Waals surface area (Å²) in [5, 5.41) is 3.00. The molecule has 0 spiro atoms. The maximum Gasteiger partial charge on any atom is 0.134 e. The molecule has 0 saturated heterocycles. The molecule has 0 bridgehead atoms. The van der Waals surface area contributed by atoms with E-state index in [1.165, 1.54) is 0 Å². The van der Waals surface area contributed by atoms with E-state index in [1.807, 2.05) is 5.38 Å². The van der Waals surface area contributed by atoms with E-state index in [0.717, 1.165) is 24.6 Å². The third-order valence-corrected chi connectivity index (χ3v) is 2.67. The van der Waals surface area contributed by atoms with Crippen LogP contribution < -0.4 is 5.73 Å². The molecule has 0 atom stereocenters. The molecule has 0 saturated carbocycles. The maximum absolute atomic E-state index is 5.52. The summed E-state index contributed by atoms with van der Waals surface area (Å²) < 4.78 is 0. The normalized spacial score (nSPS) is 10.9. The Bertz CT molecular complexity index is 230.